The summed E-state index contributed by atoms with van der Waals surface area (Å²) in [5.74, 6) is -2.03. The molecule has 0 unspecified atom stereocenters. The first-order chi connectivity index (χ1) is 9.97. The van der Waals surface area contributed by atoms with Gasteiger partial charge >= 0.3 is 12.1 Å². The van der Waals surface area contributed by atoms with Gasteiger partial charge in [-0.15, -0.1) is 0 Å². The lowest BCUT2D eigenvalue weighted by molar-refractivity contribution is -0.163. The number of carbonyl (C=O) groups is 1. The zero-order valence-corrected chi connectivity index (χ0v) is 12.6. The quantitative estimate of drug-likeness (QED) is 0.808. The van der Waals surface area contributed by atoms with Gasteiger partial charge in [0.05, 0.1) is 13.5 Å². The minimum absolute atomic E-state index is 0.0389. The molecule has 0 aliphatic heterocycles. The van der Waals surface area contributed by atoms with E-state index < -0.39 is 39.5 Å². The van der Waals surface area contributed by atoms with Crippen molar-refractivity contribution in [1.82, 2.24) is 4.72 Å². The third kappa shape index (κ3) is 4.75. The number of nitrogens with one attached hydrogen (secondary N) is 1. The zero-order valence-electron chi connectivity index (χ0n) is 11.0. The van der Waals surface area contributed by atoms with E-state index in [0.29, 0.717) is 0 Å². The van der Waals surface area contributed by atoms with E-state index in [1.54, 1.807) is 0 Å². The van der Waals surface area contributed by atoms with Crippen molar-refractivity contribution in [2.75, 3.05) is 7.11 Å². The standard InChI is InChI=1S/C11H11ClF3NO5S/c1-21-7-3-2-6(12)4-8(7)22(19,20)16-9(5-10(17)18)11(13,14)15/h2-4,9,16H,5H2,1H3,(H,17,18)/t9-/m1/s1. The van der Waals surface area contributed by atoms with Crippen LogP contribution < -0.4 is 9.46 Å². The number of aliphatic carboxylic acids is 1. The first kappa shape index (κ1) is 18.5. The van der Waals surface area contributed by atoms with Crippen molar-refractivity contribution in [1.29, 1.82) is 0 Å². The van der Waals surface area contributed by atoms with Crippen molar-refractivity contribution >= 4 is 27.6 Å². The maximum absolute atomic E-state index is 12.7. The molecular weight excluding hydrogens is 351 g/mol. The number of carboxylic acid groups (broad SMARTS) is 1. The summed E-state index contributed by atoms with van der Waals surface area (Å²) >= 11 is 5.63. The van der Waals surface area contributed by atoms with Crippen LogP contribution in [0.5, 0.6) is 5.75 Å². The monoisotopic (exact) mass is 361 g/mol. The largest absolute Gasteiger partial charge is 0.495 e. The van der Waals surface area contributed by atoms with Crippen molar-refractivity contribution in [2.24, 2.45) is 0 Å². The maximum Gasteiger partial charge on any atom is 0.405 e. The number of halogens is 4. The van der Waals surface area contributed by atoms with E-state index in [1.807, 2.05) is 0 Å². The fourth-order valence-electron chi connectivity index (χ4n) is 1.51. The molecule has 0 fully saturated rings. The zero-order chi connectivity index (χ0) is 17.1. The second-order valence-electron chi connectivity index (χ2n) is 4.11. The summed E-state index contributed by atoms with van der Waals surface area (Å²) in [5.41, 5.74) is 0. The molecule has 0 amide bonds. The van der Waals surface area contributed by atoms with Crippen LogP contribution in [-0.2, 0) is 14.8 Å². The van der Waals surface area contributed by atoms with E-state index in [0.717, 1.165) is 19.2 Å². The number of hydrogen-bond donors (Lipinski definition) is 2. The molecule has 0 radical (unpaired) electrons. The fraction of sp³-hybridized carbons (Fsp3) is 0.364. The average molecular weight is 362 g/mol. The van der Waals surface area contributed by atoms with Crippen molar-refractivity contribution < 1.29 is 36.2 Å². The van der Waals surface area contributed by atoms with Gasteiger partial charge in [0.25, 0.3) is 0 Å². The van der Waals surface area contributed by atoms with Gasteiger partial charge in [-0.2, -0.15) is 17.9 Å². The predicted molar refractivity (Wildman–Crippen MR) is 70.4 cm³/mol. The molecule has 0 saturated carbocycles. The minimum atomic E-state index is -5.07. The van der Waals surface area contributed by atoms with Crippen LogP contribution in [0.4, 0.5) is 13.2 Å². The summed E-state index contributed by atoms with van der Waals surface area (Å²) in [7, 11) is -3.57. The second-order valence-corrected chi connectivity index (χ2v) is 6.23. The number of ether oxygens (including phenoxy) is 1. The number of carboxylic acids is 1. The van der Waals surface area contributed by atoms with Crippen LogP contribution in [0, 0.1) is 0 Å². The Morgan fingerprint density at radius 1 is 1.45 bits per heavy atom. The molecule has 1 aromatic rings. The highest BCUT2D eigenvalue weighted by Gasteiger charge is 2.44. The summed E-state index contributed by atoms with van der Waals surface area (Å²) < 4.78 is 68.4. The highest BCUT2D eigenvalue weighted by atomic mass is 35.5. The van der Waals surface area contributed by atoms with Crippen LogP contribution in [0.2, 0.25) is 5.02 Å². The number of benzene rings is 1. The predicted octanol–water partition coefficient (Wildman–Crippen LogP) is 2.03. The van der Waals surface area contributed by atoms with Gasteiger partial charge in [0.1, 0.15) is 16.7 Å². The average Bonchev–Trinajstić information content (AvgIpc) is 2.36. The molecule has 22 heavy (non-hydrogen) atoms. The molecule has 0 heterocycles. The van der Waals surface area contributed by atoms with Gasteiger partial charge in [-0.05, 0) is 18.2 Å². The molecule has 124 valence electrons. The van der Waals surface area contributed by atoms with E-state index in [1.165, 1.54) is 10.8 Å². The molecule has 0 aromatic heterocycles. The lowest BCUT2D eigenvalue weighted by atomic mass is 10.2. The second kappa shape index (κ2) is 6.71. The third-order valence-corrected chi connectivity index (χ3v) is 4.21. The van der Waals surface area contributed by atoms with Gasteiger partial charge in [-0.25, -0.2) is 8.42 Å². The van der Waals surface area contributed by atoms with E-state index in [2.05, 4.69) is 0 Å². The van der Waals surface area contributed by atoms with Crippen LogP contribution in [0.15, 0.2) is 23.1 Å². The minimum Gasteiger partial charge on any atom is -0.495 e. The normalized spacial score (nSPS) is 13.7. The van der Waals surface area contributed by atoms with Gasteiger partial charge in [0, 0.05) is 5.02 Å². The highest BCUT2D eigenvalue weighted by molar-refractivity contribution is 7.89. The molecule has 1 atom stereocenters. The Morgan fingerprint density at radius 2 is 2.05 bits per heavy atom. The first-order valence-electron chi connectivity index (χ1n) is 5.61. The smallest absolute Gasteiger partial charge is 0.405 e. The number of hydrogen-bond acceptors (Lipinski definition) is 4. The van der Waals surface area contributed by atoms with Gasteiger partial charge in [0.2, 0.25) is 10.0 Å². The Balaban J connectivity index is 3.23. The summed E-state index contributed by atoms with van der Waals surface area (Å²) in [4.78, 5) is 9.85. The van der Waals surface area contributed by atoms with E-state index in [-0.39, 0.29) is 10.8 Å². The summed E-state index contributed by atoms with van der Waals surface area (Å²) in [5, 5.41) is 8.44. The fourth-order valence-corrected chi connectivity index (χ4v) is 3.16. The molecule has 6 nitrogen and oxygen atoms in total. The lowest BCUT2D eigenvalue weighted by Crippen LogP contribution is -2.46. The Morgan fingerprint density at radius 3 is 2.50 bits per heavy atom. The van der Waals surface area contributed by atoms with E-state index in [9.17, 15) is 26.4 Å². The van der Waals surface area contributed by atoms with Crippen molar-refractivity contribution in [3.05, 3.63) is 23.2 Å². The van der Waals surface area contributed by atoms with E-state index in [4.69, 9.17) is 21.4 Å². The van der Waals surface area contributed by atoms with E-state index >= 15 is 0 Å². The molecule has 0 spiro atoms. The Kier molecular flexibility index (Phi) is 5.65. The molecular formula is C11H11ClF3NO5S. The first-order valence-corrected chi connectivity index (χ1v) is 7.48. The molecule has 2 N–H and O–H groups in total. The van der Waals surface area contributed by atoms with Crippen LogP contribution in [-0.4, -0.2) is 38.8 Å². The topological polar surface area (TPSA) is 92.7 Å². The van der Waals surface area contributed by atoms with Gasteiger partial charge in [-0.3, -0.25) is 4.79 Å². The van der Waals surface area contributed by atoms with Gasteiger partial charge in [-0.1, -0.05) is 11.6 Å². The molecule has 0 aliphatic rings. The summed E-state index contributed by atoms with van der Waals surface area (Å²) in [6.07, 6.45) is -6.52. The van der Waals surface area contributed by atoms with Crippen molar-refractivity contribution in [3.8, 4) is 5.75 Å². The number of sulfonamides is 1. The molecule has 1 rings (SSSR count). The maximum atomic E-state index is 12.7. The lowest BCUT2D eigenvalue weighted by Gasteiger charge is -2.20. The van der Waals surface area contributed by atoms with Crippen LogP contribution in [0.25, 0.3) is 0 Å². The Labute approximate surface area is 128 Å². The number of alkyl halides is 3. The Bertz CT molecular complexity index is 662. The van der Waals surface area contributed by atoms with Crippen LogP contribution in [0.3, 0.4) is 0 Å². The number of rotatable bonds is 6. The molecule has 11 heteroatoms. The summed E-state index contributed by atoms with van der Waals surface area (Å²) in [6, 6.07) is 0.574. The Hall–Kier alpha value is -1.52. The highest BCUT2D eigenvalue weighted by Crippen LogP contribution is 2.29. The van der Waals surface area contributed by atoms with Gasteiger partial charge < -0.3 is 9.84 Å². The number of methoxy groups -OCH3 is 1. The molecule has 0 bridgehead atoms. The van der Waals surface area contributed by atoms with Crippen LogP contribution in [0.1, 0.15) is 6.42 Å². The third-order valence-electron chi connectivity index (χ3n) is 2.49. The van der Waals surface area contributed by atoms with Gasteiger partial charge in [0.15, 0.2) is 0 Å². The SMILES string of the molecule is COc1ccc(Cl)cc1S(=O)(=O)N[C@H](CC(=O)O)C(F)(F)F. The molecule has 0 aliphatic carbocycles. The van der Waals surface area contributed by atoms with Crippen molar-refractivity contribution in [3.63, 3.8) is 0 Å². The molecule has 0 saturated heterocycles. The molecule has 1 aromatic carbocycles. The summed E-state index contributed by atoms with van der Waals surface area (Å²) in [6.45, 7) is 0. The van der Waals surface area contributed by atoms with Crippen molar-refractivity contribution in [2.45, 2.75) is 23.5 Å². The van der Waals surface area contributed by atoms with Crippen LogP contribution >= 0.6 is 11.6 Å².